The molecule has 94 valence electrons. The number of piperidine rings is 1. The quantitative estimate of drug-likeness (QED) is 0.592. The molecule has 4 heteroatoms. The van der Waals surface area contributed by atoms with Crippen LogP contribution in [0, 0.1) is 5.92 Å². The molecule has 1 aromatic carbocycles. The van der Waals surface area contributed by atoms with Crippen molar-refractivity contribution in [3.8, 4) is 0 Å². The van der Waals surface area contributed by atoms with Crippen LogP contribution in [0.15, 0.2) is 24.3 Å². The van der Waals surface area contributed by atoms with E-state index < -0.39 is 0 Å². The van der Waals surface area contributed by atoms with E-state index in [2.05, 4.69) is 0 Å². The number of anilines is 1. The Balaban J connectivity index is 2.36. The Kier molecular flexibility index (Phi) is 3.28. The summed E-state index contributed by atoms with van der Waals surface area (Å²) in [6, 6.07) is 6.63. The van der Waals surface area contributed by atoms with Crippen LogP contribution in [0.2, 0.25) is 0 Å². The molecule has 1 saturated heterocycles. The van der Waals surface area contributed by atoms with Gasteiger partial charge in [0, 0.05) is 18.4 Å². The van der Waals surface area contributed by atoms with Gasteiger partial charge >= 0.3 is 0 Å². The van der Waals surface area contributed by atoms with Crippen LogP contribution < -0.4 is 4.90 Å². The van der Waals surface area contributed by atoms with Crippen LogP contribution in [0.1, 0.15) is 37.0 Å². The SMILES string of the molecule is CC(=O)c1cccc(N2C(=O)CC(C)CC2=O)c1. The summed E-state index contributed by atoms with van der Waals surface area (Å²) in [5, 5.41) is 0. The molecule has 2 rings (SSSR count). The molecule has 1 aliphatic rings. The number of rotatable bonds is 2. The van der Waals surface area contributed by atoms with Gasteiger partial charge in [0.1, 0.15) is 0 Å². The van der Waals surface area contributed by atoms with E-state index in [0.29, 0.717) is 24.1 Å². The van der Waals surface area contributed by atoms with Crippen molar-refractivity contribution in [3.63, 3.8) is 0 Å². The molecule has 0 radical (unpaired) electrons. The maximum absolute atomic E-state index is 11.9. The molecule has 0 saturated carbocycles. The van der Waals surface area contributed by atoms with Crippen molar-refractivity contribution >= 4 is 23.3 Å². The summed E-state index contributed by atoms with van der Waals surface area (Å²) in [4.78, 5) is 36.3. The van der Waals surface area contributed by atoms with Gasteiger partial charge in [-0.1, -0.05) is 19.1 Å². The fourth-order valence-electron chi connectivity index (χ4n) is 2.14. The summed E-state index contributed by atoms with van der Waals surface area (Å²) in [6.07, 6.45) is 0.742. The summed E-state index contributed by atoms with van der Waals surface area (Å²) in [7, 11) is 0. The number of Topliss-reactive ketones (excluding diaryl/α,β-unsaturated/α-hetero) is 1. The second-order valence-electron chi connectivity index (χ2n) is 4.74. The third-order valence-electron chi connectivity index (χ3n) is 3.06. The zero-order valence-corrected chi connectivity index (χ0v) is 10.5. The number of carbonyl (C=O) groups excluding carboxylic acids is 3. The molecular weight excluding hydrogens is 230 g/mol. The smallest absolute Gasteiger partial charge is 0.234 e. The summed E-state index contributed by atoms with van der Waals surface area (Å²) in [6.45, 7) is 3.35. The number of benzene rings is 1. The van der Waals surface area contributed by atoms with Crippen LogP contribution >= 0.6 is 0 Å². The van der Waals surface area contributed by atoms with Crippen LogP contribution in [0.25, 0.3) is 0 Å². The Morgan fingerprint density at radius 1 is 1.22 bits per heavy atom. The number of hydrogen-bond acceptors (Lipinski definition) is 3. The summed E-state index contributed by atoms with van der Waals surface area (Å²) in [5.41, 5.74) is 0.997. The molecule has 0 aliphatic carbocycles. The zero-order chi connectivity index (χ0) is 13.3. The van der Waals surface area contributed by atoms with Gasteiger partial charge in [0.05, 0.1) is 5.69 Å². The zero-order valence-electron chi connectivity index (χ0n) is 10.5. The van der Waals surface area contributed by atoms with E-state index >= 15 is 0 Å². The van der Waals surface area contributed by atoms with Gasteiger partial charge in [-0.3, -0.25) is 19.3 Å². The first kappa shape index (κ1) is 12.5. The molecule has 0 unspecified atom stereocenters. The largest absolute Gasteiger partial charge is 0.295 e. The standard InChI is InChI=1S/C14H15NO3/c1-9-6-13(17)15(14(18)7-9)12-5-3-4-11(8-12)10(2)16/h3-5,8-9H,6-7H2,1-2H3. The first-order chi connectivity index (χ1) is 8.49. The van der Waals surface area contributed by atoms with Crippen molar-refractivity contribution in [2.24, 2.45) is 5.92 Å². The van der Waals surface area contributed by atoms with E-state index in [9.17, 15) is 14.4 Å². The highest BCUT2D eigenvalue weighted by Crippen LogP contribution is 2.25. The lowest BCUT2D eigenvalue weighted by molar-refractivity contribution is -0.130. The minimum absolute atomic E-state index is 0.0814. The summed E-state index contributed by atoms with van der Waals surface area (Å²) >= 11 is 0. The third kappa shape index (κ3) is 2.32. The number of carbonyl (C=O) groups is 3. The topological polar surface area (TPSA) is 54.5 Å². The molecule has 4 nitrogen and oxygen atoms in total. The van der Waals surface area contributed by atoms with Crippen LogP contribution in [0.4, 0.5) is 5.69 Å². The van der Waals surface area contributed by atoms with E-state index in [1.54, 1.807) is 24.3 Å². The normalized spacial score (nSPS) is 17.1. The molecular formula is C14H15NO3. The predicted molar refractivity (Wildman–Crippen MR) is 67.3 cm³/mol. The Hall–Kier alpha value is -1.97. The lowest BCUT2D eigenvalue weighted by atomic mass is 9.97. The molecule has 0 N–H and O–H groups in total. The monoisotopic (exact) mass is 245 g/mol. The fourth-order valence-corrected chi connectivity index (χ4v) is 2.14. The molecule has 0 spiro atoms. The van der Waals surface area contributed by atoms with Gasteiger partial charge in [-0.25, -0.2) is 0 Å². The average molecular weight is 245 g/mol. The summed E-state index contributed by atoms with van der Waals surface area (Å²) < 4.78 is 0. The first-order valence-corrected chi connectivity index (χ1v) is 5.96. The van der Waals surface area contributed by atoms with Gasteiger partial charge in [0.25, 0.3) is 0 Å². The molecule has 1 aromatic rings. The Bertz CT molecular complexity index is 504. The van der Waals surface area contributed by atoms with Crippen molar-refractivity contribution in [3.05, 3.63) is 29.8 Å². The molecule has 1 heterocycles. The van der Waals surface area contributed by atoms with E-state index in [0.717, 1.165) is 0 Å². The Morgan fingerprint density at radius 3 is 2.39 bits per heavy atom. The van der Waals surface area contributed by atoms with Crippen molar-refractivity contribution < 1.29 is 14.4 Å². The number of hydrogen-bond donors (Lipinski definition) is 0. The lowest BCUT2D eigenvalue weighted by Gasteiger charge is -2.28. The van der Waals surface area contributed by atoms with Crippen molar-refractivity contribution in [2.75, 3.05) is 4.90 Å². The van der Waals surface area contributed by atoms with Gasteiger partial charge in [0.2, 0.25) is 11.8 Å². The second kappa shape index (κ2) is 4.72. The fraction of sp³-hybridized carbons (Fsp3) is 0.357. The van der Waals surface area contributed by atoms with Gasteiger partial charge in [-0.05, 0) is 25.0 Å². The number of ketones is 1. The van der Waals surface area contributed by atoms with Crippen LogP contribution in [-0.4, -0.2) is 17.6 Å². The van der Waals surface area contributed by atoms with Crippen molar-refractivity contribution in [2.45, 2.75) is 26.7 Å². The van der Waals surface area contributed by atoms with E-state index in [4.69, 9.17) is 0 Å². The van der Waals surface area contributed by atoms with Crippen LogP contribution in [0.5, 0.6) is 0 Å². The van der Waals surface area contributed by atoms with E-state index in [-0.39, 0.29) is 23.5 Å². The van der Waals surface area contributed by atoms with E-state index in [1.165, 1.54) is 11.8 Å². The molecule has 0 aromatic heterocycles. The highest BCUT2D eigenvalue weighted by Gasteiger charge is 2.31. The van der Waals surface area contributed by atoms with Crippen molar-refractivity contribution in [1.29, 1.82) is 0 Å². The van der Waals surface area contributed by atoms with Crippen LogP contribution in [-0.2, 0) is 9.59 Å². The number of imide groups is 1. The minimum Gasteiger partial charge on any atom is -0.295 e. The molecule has 1 aliphatic heterocycles. The first-order valence-electron chi connectivity index (χ1n) is 5.96. The molecule has 18 heavy (non-hydrogen) atoms. The average Bonchev–Trinajstić information content (AvgIpc) is 2.28. The van der Waals surface area contributed by atoms with E-state index in [1.807, 2.05) is 6.92 Å². The summed E-state index contributed by atoms with van der Waals surface area (Å²) in [5.74, 6) is -0.377. The minimum atomic E-state index is -0.195. The molecule has 1 fully saturated rings. The van der Waals surface area contributed by atoms with Gasteiger partial charge in [-0.2, -0.15) is 0 Å². The third-order valence-corrected chi connectivity index (χ3v) is 3.06. The molecule has 0 bridgehead atoms. The Morgan fingerprint density at radius 2 is 1.83 bits per heavy atom. The highest BCUT2D eigenvalue weighted by molar-refractivity contribution is 6.16. The van der Waals surface area contributed by atoms with Gasteiger partial charge in [0.15, 0.2) is 5.78 Å². The number of amides is 2. The predicted octanol–water partition coefficient (Wildman–Crippen LogP) is 2.18. The molecule has 2 amide bonds. The second-order valence-corrected chi connectivity index (χ2v) is 4.74. The Labute approximate surface area is 106 Å². The van der Waals surface area contributed by atoms with Crippen LogP contribution in [0.3, 0.4) is 0 Å². The maximum atomic E-state index is 11.9. The lowest BCUT2D eigenvalue weighted by Crippen LogP contribution is -2.42. The van der Waals surface area contributed by atoms with Gasteiger partial charge < -0.3 is 0 Å². The maximum Gasteiger partial charge on any atom is 0.234 e. The van der Waals surface area contributed by atoms with Gasteiger partial charge in [-0.15, -0.1) is 0 Å². The molecule has 0 atom stereocenters. The van der Waals surface area contributed by atoms with Crippen molar-refractivity contribution in [1.82, 2.24) is 0 Å². The number of nitrogens with zero attached hydrogens (tertiary/aromatic N) is 1. The highest BCUT2D eigenvalue weighted by atomic mass is 16.2.